The van der Waals surface area contributed by atoms with Crippen LogP contribution in [0.25, 0.3) is 11.4 Å². The van der Waals surface area contributed by atoms with E-state index in [0.29, 0.717) is 11.3 Å². The molecule has 2 N–H and O–H groups in total. The molecule has 10 nitrogen and oxygen atoms in total. The number of amides is 2. The number of nitrogens with one attached hydrogen (secondary N) is 2. The number of hydrogen-bond donors (Lipinski definition) is 2. The Hall–Kier alpha value is -3.86. The van der Waals surface area contributed by atoms with Crippen molar-refractivity contribution in [3.8, 4) is 11.4 Å². The normalized spacial score (nSPS) is 11.5. The van der Waals surface area contributed by atoms with Crippen LogP contribution in [-0.4, -0.2) is 43.5 Å². The van der Waals surface area contributed by atoms with Crippen LogP contribution in [0.5, 0.6) is 0 Å². The van der Waals surface area contributed by atoms with Gasteiger partial charge < -0.3 is 10.1 Å². The minimum atomic E-state index is -0.750. The molecule has 0 saturated carbocycles. The zero-order chi connectivity index (χ0) is 24.0. The predicted octanol–water partition coefficient (Wildman–Crippen LogP) is 3.84. The number of rotatable bonds is 8. The fourth-order valence-corrected chi connectivity index (χ4v) is 3.08. The number of aromatic nitrogens is 5. The van der Waals surface area contributed by atoms with E-state index in [1.807, 2.05) is 0 Å². The van der Waals surface area contributed by atoms with E-state index in [9.17, 15) is 14.0 Å². The second-order valence-corrected chi connectivity index (χ2v) is 7.28. The van der Waals surface area contributed by atoms with Gasteiger partial charge in [-0.2, -0.15) is 0 Å². The third-order valence-corrected chi connectivity index (χ3v) is 4.82. The monoisotopic (exact) mass is 473 g/mol. The lowest BCUT2D eigenvalue weighted by atomic mass is 10.2. The largest absolute Gasteiger partial charge is 0.441 e. The van der Waals surface area contributed by atoms with Gasteiger partial charge in [0.2, 0.25) is 0 Å². The fraction of sp³-hybridized carbons (Fsp3) is 0.238. The standard InChI is InChI=1S/C21H21ClFN7O3/c1-12(23)8-10-25-20(31)14-6-7-16(26-11-14)17-19(30(3)29-28-17)27-21(32)33-13(2)15-5-4-9-24-18(15)22/h4-7,9,11,13H,1,8,10H2,2-3H3,(H,25,31)(H,27,32)/t13-/m1/s1. The van der Waals surface area contributed by atoms with E-state index in [1.54, 1.807) is 32.2 Å². The van der Waals surface area contributed by atoms with Crippen LogP contribution in [0.3, 0.4) is 0 Å². The molecule has 0 aliphatic heterocycles. The summed E-state index contributed by atoms with van der Waals surface area (Å²) in [6.45, 7) is 4.93. The van der Waals surface area contributed by atoms with Crippen molar-refractivity contribution in [2.45, 2.75) is 19.4 Å². The second-order valence-electron chi connectivity index (χ2n) is 6.92. The van der Waals surface area contributed by atoms with Gasteiger partial charge in [0.25, 0.3) is 5.91 Å². The smallest absolute Gasteiger partial charge is 0.413 e. The first-order chi connectivity index (χ1) is 15.8. The predicted molar refractivity (Wildman–Crippen MR) is 119 cm³/mol. The summed E-state index contributed by atoms with van der Waals surface area (Å²) >= 11 is 6.05. The molecular formula is C21H21ClFN7O3. The molecule has 0 aromatic carbocycles. The van der Waals surface area contributed by atoms with Gasteiger partial charge in [0.15, 0.2) is 11.5 Å². The highest BCUT2D eigenvalue weighted by molar-refractivity contribution is 6.30. The van der Waals surface area contributed by atoms with Crippen LogP contribution in [0, 0.1) is 0 Å². The molecule has 0 fully saturated rings. The second kappa shape index (κ2) is 10.6. The lowest BCUT2D eigenvalue weighted by Gasteiger charge is -2.15. The number of anilines is 1. The van der Waals surface area contributed by atoms with Crippen LogP contribution in [0.2, 0.25) is 5.15 Å². The first-order valence-electron chi connectivity index (χ1n) is 9.82. The summed E-state index contributed by atoms with van der Waals surface area (Å²) in [5, 5.41) is 13.4. The van der Waals surface area contributed by atoms with Crippen molar-refractivity contribution in [1.29, 1.82) is 0 Å². The molecule has 172 valence electrons. The molecule has 0 spiro atoms. The highest BCUT2D eigenvalue weighted by Gasteiger charge is 2.20. The van der Waals surface area contributed by atoms with Crippen molar-refractivity contribution in [3.05, 3.63) is 65.3 Å². The zero-order valence-electron chi connectivity index (χ0n) is 17.9. The Balaban J connectivity index is 1.69. The molecule has 0 saturated heterocycles. The minimum Gasteiger partial charge on any atom is -0.441 e. The van der Waals surface area contributed by atoms with E-state index in [0.717, 1.165) is 0 Å². The molecule has 3 heterocycles. The molecule has 3 rings (SSSR count). The molecule has 0 bridgehead atoms. The Bertz CT molecular complexity index is 1170. The lowest BCUT2D eigenvalue weighted by Crippen LogP contribution is -2.24. The summed E-state index contributed by atoms with van der Waals surface area (Å²) in [7, 11) is 1.59. The van der Waals surface area contributed by atoms with Gasteiger partial charge in [0.1, 0.15) is 11.3 Å². The molecular weight excluding hydrogens is 453 g/mol. The minimum absolute atomic E-state index is 0.0353. The van der Waals surface area contributed by atoms with E-state index in [-0.39, 0.29) is 35.2 Å². The number of hydrogen-bond acceptors (Lipinski definition) is 7. The molecule has 33 heavy (non-hydrogen) atoms. The number of nitrogens with zero attached hydrogens (tertiary/aromatic N) is 5. The highest BCUT2D eigenvalue weighted by Crippen LogP contribution is 2.26. The molecule has 0 radical (unpaired) electrons. The Morgan fingerprint density at radius 2 is 2.09 bits per heavy atom. The SMILES string of the molecule is C=C(F)CCNC(=O)c1ccc(-c2nnn(C)c2NC(=O)O[C@H](C)c2cccnc2Cl)nc1. The van der Waals surface area contributed by atoms with Gasteiger partial charge >= 0.3 is 6.09 Å². The quantitative estimate of drug-likeness (QED) is 0.476. The average molecular weight is 474 g/mol. The van der Waals surface area contributed by atoms with Gasteiger partial charge in [-0.3, -0.25) is 15.1 Å². The number of aryl methyl sites for hydroxylation is 1. The van der Waals surface area contributed by atoms with Gasteiger partial charge in [0, 0.05) is 38.0 Å². The number of ether oxygens (including phenoxy) is 1. The molecule has 1 atom stereocenters. The summed E-state index contributed by atoms with van der Waals surface area (Å²) in [6.07, 6.45) is 1.52. The average Bonchev–Trinajstić information content (AvgIpc) is 3.13. The van der Waals surface area contributed by atoms with E-state index < -0.39 is 23.9 Å². The molecule has 0 aliphatic carbocycles. The number of carbonyl (C=O) groups is 2. The number of pyridine rings is 2. The highest BCUT2D eigenvalue weighted by atomic mass is 35.5. The van der Waals surface area contributed by atoms with Crippen LogP contribution in [0.1, 0.15) is 35.4 Å². The lowest BCUT2D eigenvalue weighted by molar-refractivity contribution is 0.0953. The van der Waals surface area contributed by atoms with E-state index in [1.165, 1.54) is 23.1 Å². The van der Waals surface area contributed by atoms with Crippen LogP contribution in [0.15, 0.2) is 49.1 Å². The molecule has 0 aliphatic rings. The van der Waals surface area contributed by atoms with Crippen molar-refractivity contribution >= 4 is 29.4 Å². The fourth-order valence-electron chi connectivity index (χ4n) is 2.80. The Kier molecular flexibility index (Phi) is 7.67. The Labute approximate surface area is 193 Å². The van der Waals surface area contributed by atoms with E-state index in [2.05, 4.69) is 37.5 Å². The van der Waals surface area contributed by atoms with Gasteiger partial charge in [-0.15, -0.1) is 5.10 Å². The summed E-state index contributed by atoms with van der Waals surface area (Å²) in [6, 6.07) is 6.49. The zero-order valence-corrected chi connectivity index (χ0v) is 18.6. The van der Waals surface area contributed by atoms with E-state index in [4.69, 9.17) is 16.3 Å². The molecule has 3 aromatic heterocycles. The summed E-state index contributed by atoms with van der Waals surface area (Å²) < 4.78 is 19.4. The maximum Gasteiger partial charge on any atom is 0.413 e. The van der Waals surface area contributed by atoms with Crippen LogP contribution < -0.4 is 10.6 Å². The third-order valence-electron chi connectivity index (χ3n) is 4.51. The first-order valence-corrected chi connectivity index (χ1v) is 10.2. The molecule has 0 unspecified atom stereocenters. The Morgan fingerprint density at radius 3 is 2.76 bits per heavy atom. The van der Waals surface area contributed by atoms with E-state index >= 15 is 0 Å². The molecule has 2 amide bonds. The number of halogens is 2. The summed E-state index contributed by atoms with van der Waals surface area (Å²) in [5.74, 6) is -0.669. The maximum atomic E-state index is 12.7. The first kappa shape index (κ1) is 23.8. The molecule has 3 aromatic rings. The maximum absolute atomic E-state index is 12.7. The van der Waals surface area contributed by atoms with Crippen molar-refractivity contribution in [2.24, 2.45) is 7.05 Å². The van der Waals surface area contributed by atoms with Crippen LogP contribution in [0.4, 0.5) is 15.0 Å². The summed E-state index contributed by atoms with van der Waals surface area (Å²) in [5.41, 5.74) is 1.49. The van der Waals surface area contributed by atoms with Gasteiger partial charge in [-0.05, 0) is 25.1 Å². The molecule has 12 heteroatoms. The van der Waals surface area contributed by atoms with Crippen LogP contribution in [-0.2, 0) is 11.8 Å². The number of carbonyl (C=O) groups excluding carboxylic acids is 2. The summed E-state index contributed by atoms with van der Waals surface area (Å²) in [4.78, 5) is 32.8. The Morgan fingerprint density at radius 1 is 1.30 bits per heavy atom. The van der Waals surface area contributed by atoms with Crippen molar-refractivity contribution < 1.29 is 18.7 Å². The third kappa shape index (κ3) is 6.10. The van der Waals surface area contributed by atoms with Gasteiger partial charge in [-0.1, -0.05) is 29.5 Å². The topological polar surface area (TPSA) is 124 Å². The van der Waals surface area contributed by atoms with Crippen molar-refractivity contribution in [1.82, 2.24) is 30.3 Å². The van der Waals surface area contributed by atoms with Crippen LogP contribution >= 0.6 is 11.6 Å². The van der Waals surface area contributed by atoms with Gasteiger partial charge in [0.05, 0.1) is 17.1 Å². The van der Waals surface area contributed by atoms with Crippen molar-refractivity contribution in [2.75, 3.05) is 11.9 Å². The van der Waals surface area contributed by atoms with Crippen molar-refractivity contribution in [3.63, 3.8) is 0 Å². The van der Waals surface area contributed by atoms with Gasteiger partial charge in [-0.25, -0.2) is 18.9 Å².